The van der Waals surface area contributed by atoms with E-state index >= 15 is 0 Å². The summed E-state index contributed by atoms with van der Waals surface area (Å²) >= 11 is 0. The van der Waals surface area contributed by atoms with Gasteiger partial charge in [-0.3, -0.25) is 4.79 Å². The van der Waals surface area contributed by atoms with E-state index in [1.54, 1.807) is 22.9 Å². The fourth-order valence-corrected chi connectivity index (χ4v) is 2.84. The second-order valence-electron chi connectivity index (χ2n) is 6.59. The number of aromatic nitrogens is 2. The summed E-state index contributed by atoms with van der Waals surface area (Å²) in [7, 11) is 0. The summed E-state index contributed by atoms with van der Waals surface area (Å²) < 4.78 is 15.5. The molecule has 0 radical (unpaired) electrons. The molecule has 0 saturated carbocycles. The Morgan fingerprint density at radius 2 is 1.85 bits per heavy atom. The van der Waals surface area contributed by atoms with Gasteiger partial charge in [-0.1, -0.05) is 35.9 Å². The Kier molecular flexibility index (Phi) is 5.66. The van der Waals surface area contributed by atoms with Gasteiger partial charge in [-0.2, -0.15) is 5.10 Å². The Labute approximate surface area is 158 Å². The van der Waals surface area contributed by atoms with Gasteiger partial charge in [-0.25, -0.2) is 9.07 Å². The first-order valence-corrected chi connectivity index (χ1v) is 8.85. The highest BCUT2D eigenvalue weighted by Gasteiger charge is 2.14. The number of benzene rings is 2. The van der Waals surface area contributed by atoms with Crippen LogP contribution in [0.5, 0.6) is 0 Å². The lowest BCUT2D eigenvalue weighted by molar-refractivity contribution is -0.115. The van der Waals surface area contributed by atoms with Gasteiger partial charge in [0.05, 0.1) is 17.9 Å². The van der Waals surface area contributed by atoms with Crippen molar-refractivity contribution in [3.8, 4) is 5.69 Å². The molecule has 1 atom stereocenters. The quantitative estimate of drug-likeness (QED) is 0.695. The number of carbonyl (C=O) groups is 1. The summed E-state index contributed by atoms with van der Waals surface area (Å²) in [5, 5.41) is 10.4. The minimum absolute atomic E-state index is 0.0631. The highest BCUT2D eigenvalue weighted by Crippen LogP contribution is 2.18. The van der Waals surface area contributed by atoms with E-state index < -0.39 is 0 Å². The zero-order valence-electron chi connectivity index (χ0n) is 15.7. The number of carbonyl (C=O) groups excluding carboxylic acids is 1. The van der Waals surface area contributed by atoms with Crippen LogP contribution in [0.2, 0.25) is 0 Å². The molecule has 6 heteroatoms. The maximum atomic E-state index is 13.8. The van der Waals surface area contributed by atoms with Crippen molar-refractivity contribution in [2.24, 2.45) is 0 Å². The molecular weight excluding hydrogens is 343 g/mol. The molecule has 2 aromatic carbocycles. The smallest absolute Gasteiger partial charge is 0.239 e. The number of amides is 1. The Bertz CT molecular complexity index is 934. The molecule has 140 valence electrons. The van der Waals surface area contributed by atoms with E-state index in [0.29, 0.717) is 11.4 Å². The molecule has 27 heavy (non-hydrogen) atoms. The van der Waals surface area contributed by atoms with E-state index in [1.807, 2.05) is 51.1 Å². The third-order valence-corrected chi connectivity index (χ3v) is 4.32. The summed E-state index contributed by atoms with van der Waals surface area (Å²) in [4.78, 5) is 12.4. The van der Waals surface area contributed by atoms with Crippen molar-refractivity contribution in [3.05, 3.63) is 77.2 Å². The van der Waals surface area contributed by atoms with Crippen LogP contribution in [0.25, 0.3) is 5.69 Å². The summed E-state index contributed by atoms with van der Waals surface area (Å²) in [6.45, 7) is 5.78. The minimum atomic E-state index is -0.286. The Morgan fingerprint density at radius 3 is 2.56 bits per heavy atom. The highest BCUT2D eigenvalue weighted by molar-refractivity contribution is 5.91. The van der Waals surface area contributed by atoms with Gasteiger partial charge in [0.15, 0.2) is 0 Å². The predicted octanol–water partition coefficient (Wildman–Crippen LogP) is 3.92. The largest absolute Gasteiger partial charge is 0.309 e. The van der Waals surface area contributed by atoms with Crippen LogP contribution in [0, 0.1) is 19.7 Å². The van der Waals surface area contributed by atoms with Crippen LogP contribution in [-0.4, -0.2) is 22.2 Å². The zero-order valence-corrected chi connectivity index (χ0v) is 15.7. The van der Waals surface area contributed by atoms with Crippen molar-refractivity contribution in [2.45, 2.75) is 26.8 Å². The van der Waals surface area contributed by atoms with Gasteiger partial charge in [0.25, 0.3) is 0 Å². The average Bonchev–Trinajstić information content (AvgIpc) is 3.01. The van der Waals surface area contributed by atoms with Gasteiger partial charge in [0, 0.05) is 17.7 Å². The molecule has 0 aliphatic carbocycles. The van der Waals surface area contributed by atoms with E-state index in [2.05, 4.69) is 15.7 Å². The maximum absolute atomic E-state index is 13.8. The number of nitrogens with zero attached hydrogens (tertiary/aromatic N) is 2. The Balaban J connectivity index is 1.66. The first kappa shape index (κ1) is 18.8. The molecule has 1 heterocycles. The second kappa shape index (κ2) is 8.14. The normalized spacial score (nSPS) is 12.0. The van der Waals surface area contributed by atoms with Crippen molar-refractivity contribution >= 4 is 11.7 Å². The number of hydrogen-bond donors (Lipinski definition) is 2. The van der Waals surface area contributed by atoms with Crippen LogP contribution in [0.1, 0.15) is 29.8 Å². The van der Waals surface area contributed by atoms with Crippen molar-refractivity contribution in [3.63, 3.8) is 0 Å². The minimum Gasteiger partial charge on any atom is -0.309 e. The number of rotatable bonds is 6. The fraction of sp³-hybridized carbons (Fsp3) is 0.238. The van der Waals surface area contributed by atoms with Crippen molar-refractivity contribution in [1.82, 2.24) is 15.1 Å². The van der Waals surface area contributed by atoms with Crippen LogP contribution in [0.15, 0.2) is 54.6 Å². The molecule has 3 aromatic rings. The Morgan fingerprint density at radius 1 is 1.15 bits per heavy atom. The molecule has 0 fully saturated rings. The standard InChI is InChI=1S/C21H23FN4O/c1-14-8-10-17(11-9-14)26-20(12-15(2)25-26)24-21(27)13-23-16(3)18-6-4-5-7-19(18)22/h4-12,16,23H,13H2,1-3H3,(H,24,27). The van der Waals surface area contributed by atoms with Crippen LogP contribution < -0.4 is 10.6 Å². The molecule has 0 bridgehead atoms. The van der Waals surface area contributed by atoms with Gasteiger partial charge in [0.1, 0.15) is 11.6 Å². The molecule has 0 saturated heterocycles. The molecule has 2 N–H and O–H groups in total. The van der Waals surface area contributed by atoms with Crippen LogP contribution >= 0.6 is 0 Å². The lowest BCUT2D eigenvalue weighted by atomic mass is 10.1. The topological polar surface area (TPSA) is 59.0 Å². The number of hydrogen-bond acceptors (Lipinski definition) is 3. The van der Waals surface area contributed by atoms with Crippen molar-refractivity contribution in [1.29, 1.82) is 0 Å². The number of anilines is 1. The first-order chi connectivity index (χ1) is 12.9. The van der Waals surface area contributed by atoms with E-state index in [9.17, 15) is 9.18 Å². The van der Waals surface area contributed by atoms with Gasteiger partial charge >= 0.3 is 0 Å². The van der Waals surface area contributed by atoms with E-state index in [1.165, 1.54) is 6.07 Å². The van der Waals surface area contributed by atoms with E-state index in [0.717, 1.165) is 16.9 Å². The molecule has 0 spiro atoms. The molecule has 1 unspecified atom stereocenters. The van der Waals surface area contributed by atoms with Crippen molar-refractivity contribution in [2.75, 3.05) is 11.9 Å². The highest BCUT2D eigenvalue weighted by atomic mass is 19.1. The van der Waals surface area contributed by atoms with Gasteiger partial charge in [-0.05, 0) is 39.0 Å². The van der Waals surface area contributed by atoms with Crippen LogP contribution in [0.3, 0.4) is 0 Å². The maximum Gasteiger partial charge on any atom is 0.239 e. The predicted molar refractivity (Wildman–Crippen MR) is 104 cm³/mol. The summed E-state index contributed by atoms with van der Waals surface area (Å²) in [6.07, 6.45) is 0. The van der Waals surface area contributed by atoms with Gasteiger partial charge in [-0.15, -0.1) is 0 Å². The first-order valence-electron chi connectivity index (χ1n) is 8.85. The monoisotopic (exact) mass is 366 g/mol. The fourth-order valence-electron chi connectivity index (χ4n) is 2.84. The molecule has 1 amide bonds. The molecule has 1 aromatic heterocycles. The van der Waals surface area contributed by atoms with Gasteiger partial charge in [0.2, 0.25) is 5.91 Å². The van der Waals surface area contributed by atoms with Gasteiger partial charge < -0.3 is 10.6 Å². The van der Waals surface area contributed by atoms with E-state index in [-0.39, 0.29) is 24.3 Å². The Hall–Kier alpha value is -2.99. The number of nitrogens with one attached hydrogen (secondary N) is 2. The molecule has 0 aliphatic rings. The summed E-state index contributed by atoms with van der Waals surface area (Å²) in [5.41, 5.74) is 3.36. The zero-order chi connectivity index (χ0) is 19.4. The lowest BCUT2D eigenvalue weighted by Gasteiger charge is -2.15. The average molecular weight is 366 g/mol. The molecular formula is C21H23FN4O. The van der Waals surface area contributed by atoms with E-state index in [4.69, 9.17) is 0 Å². The molecule has 0 aliphatic heterocycles. The third-order valence-electron chi connectivity index (χ3n) is 4.32. The second-order valence-corrected chi connectivity index (χ2v) is 6.59. The number of halogens is 1. The molecule has 3 rings (SSSR count). The van der Waals surface area contributed by atoms with Crippen LogP contribution in [0.4, 0.5) is 10.2 Å². The lowest BCUT2D eigenvalue weighted by Crippen LogP contribution is -2.31. The number of aryl methyl sites for hydroxylation is 2. The third kappa shape index (κ3) is 4.60. The van der Waals surface area contributed by atoms with Crippen molar-refractivity contribution < 1.29 is 9.18 Å². The molecule has 5 nitrogen and oxygen atoms in total. The van der Waals surface area contributed by atoms with Crippen LogP contribution in [-0.2, 0) is 4.79 Å². The summed E-state index contributed by atoms with van der Waals surface area (Å²) in [6, 6.07) is 16.0. The SMILES string of the molecule is Cc1ccc(-n2nc(C)cc2NC(=O)CNC(C)c2ccccc2F)cc1. The summed E-state index contributed by atoms with van der Waals surface area (Å²) in [5.74, 6) is 0.0964.